The molecule has 7 fully saturated rings. The lowest BCUT2D eigenvalue weighted by Crippen LogP contribution is -2.34. The Morgan fingerprint density at radius 2 is 1.56 bits per heavy atom. The molecule has 2 spiro atoms. The molecule has 7 atom stereocenters. The zero-order valence-electron chi connectivity index (χ0n) is 21.7. The van der Waals surface area contributed by atoms with E-state index in [1.54, 1.807) is 0 Å². The number of nitrogens with zero attached hydrogens (tertiary/aromatic N) is 1. The van der Waals surface area contributed by atoms with Gasteiger partial charge >= 0.3 is 6.18 Å². The molecule has 2 amide bonds. The minimum absolute atomic E-state index is 0.0532. The third-order valence-electron chi connectivity index (χ3n) is 10.3. The second kappa shape index (κ2) is 9.58. The summed E-state index contributed by atoms with van der Waals surface area (Å²) in [5, 5.41) is 12.0. The summed E-state index contributed by atoms with van der Waals surface area (Å²) < 4.78 is 37.2. The number of alkyl halides is 3. The van der Waals surface area contributed by atoms with Crippen LogP contribution in [-0.4, -0.2) is 59.6 Å². The van der Waals surface area contributed by atoms with Gasteiger partial charge < -0.3 is 20.1 Å². The predicted octanol–water partition coefficient (Wildman–Crippen LogP) is 3.76. The number of aliphatic hydroxyl groups is 1. The number of halogens is 3. The summed E-state index contributed by atoms with van der Waals surface area (Å²) in [6, 6.07) is 10.6. The van der Waals surface area contributed by atoms with E-state index in [4.69, 9.17) is 14.6 Å². The van der Waals surface area contributed by atoms with Crippen molar-refractivity contribution in [3.05, 3.63) is 35.9 Å². The van der Waals surface area contributed by atoms with Gasteiger partial charge in [0.25, 0.3) is 0 Å². The van der Waals surface area contributed by atoms with Crippen molar-refractivity contribution in [2.75, 3.05) is 13.2 Å². The highest BCUT2D eigenvalue weighted by Crippen LogP contribution is 2.66. The van der Waals surface area contributed by atoms with Crippen molar-refractivity contribution in [3.8, 4) is 0 Å². The van der Waals surface area contributed by atoms with Crippen LogP contribution in [0.15, 0.2) is 30.3 Å². The Balaban J connectivity index is 0.000000125. The number of nitrogens with one attached hydrogen (secondary N) is 1. The number of ether oxygens (including phenoxy) is 1. The second-order valence-electron chi connectivity index (χ2n) is 12.7. The molecule has 7 nitrogen and oxygen atoms in total. The Kier molecular flexibility index (Phi) is 6.57. The first kappa shape index (κ1) is 26.7. The van der Waals surface area contributed by atoms with Crippen LogP contribution in [-0.2, 0) is 19.1 Å². The Morgan fingerprint density at radius 3 is 2.13 bits per heavy atom. The van der Waals surface area contributed by atoms with Crippen molar-refractivity contribution in [2.24, 2.45) is 34.5 Å². The molecular weight excluding hydrogens is 513 g/mol. The van der Waals surface area contributed by atoms with Crippen molar-refractivity contribution >= 4 is 18.1 Å². The molecule has 10 heteroatoms. The van der Waals surface area contributed by atoms with Crippen molar-refractivity contribution in [3.63, 3.8) is 0 Å². The lowest BCUT2D eigenvalue weighted by atomic mass is 9.94. The fourth-order valence-corrected chi connectivity index (χ4v) is 8.02. The molecule has 4 saturated carbocycles. The lowest BCUT2D eigenvalue weighted by Gasteiger charge is -2.25. The number of carbonyl (C=O) groups is 3. The maximum Gasteiger partial charge on any atom is 0.446 e. The number of rotatable bonds is 2. The van der Waals surface area contributed by atoms with Crippen molar-refractivity contribution < 1.29 is 37.4 Å². The van der Waals surface area contributed by atoms with E-state index in [9.17, 15) is 22.8 Å². The summed E-state index contributed by atoms with van der Waals surface area (Å²) in [4.78, 5) is 35.1. The van der Waals surface area contributed by atoms with Crippen LogP contribution in [0.2, 0.25) is 0 Å². The smallest absolute Gasteiger partial charge is 0.394 e. The molecule has 3 saturated heterocycles. The molecular formula is C29H35F3N2O5. The first-order chi connectivity index (χ1) is 18.6. The molecule has 7 aliphatic rings. The number of amides is 2. The largest absolute Gasteiger partial charge is 0.446 e. The molecule has 1 aromatic carbocycles. The van der Waals surface area contributed by atoms with Gasteiger partial charge in [-0.25, -0.2) is 0 Å². The third-order valence-corrected chi connectivity index (χ3v) is 10.3. The van der Waals surface area contributed by atoms with E-state index in [0.29, 0.717) is 34.6 Å². The molecule has 2 N–H and O–H groups in total. The van der Waals surface area contributed by atoms with Gasteiger partial charge in [-0.15, -0.1) is 0 Å². The summed E-state index contributed by atoms with van der Waals surface area (Å²) in [6.07, 6.45) is 4.13. The summed E-state index contributed by atoms with van der Waals surface area (Å²) >= 11 is 0. The Hall–Kier alpha value is -2.46. The van der Waals surface area contributed by atoms with Crippen LogP contribution in [0.4, 0.5) is 13.2 Å². The Labute approximate surface area is 225 Å². The van der Waals surface area contributed by atoms with Gasteiger partial charge in [-0.3, -0.25) is 14.4 Å². The fourth-order valence-electron chi connectivity index (χ4n) is 8.02. The Bertz CT molecular complexity index is 1120. The summed E-state index contributed by atoms with van der Waals surface area (Å²) in [6.45, 7) is 0.839. The lowest BCUT2D eigenvalue weighted by molar-refractivity contribution is -0.156. The maximum atomic E-state index is 12.8. The molecule has 3 heterocycles. The average molecular weight is 549 g/mol. The van der Waals surface area contributed by atoms with Gasteiger partial charge in [0.2, 0.25) is 18.1 Å². The molecule has 8 rings (SSSR count). The third kappa shape index (κ3) is 4.99. The quantitative estimate of drug-likeness (QED) is 0.549. The number of benzene rings is 1. The fraction of sp³-hybridized carbons (Fsp3) is 0.690. The van der Waals surface area contributed by atoms with Crippen LogP contribution in [0.3, 0.4) is 0 Å². The number of fused-ring (bicyclic) bond motifs is 4. The van der Waals surface area contributed by atoms with Crippen LogP contribution < -0.4 is 5.32 Å². The van der Waals surface area contributed by atoms with Gasteiger partial charge in [-0.1, -0.05) is 30.3 Å². The van der Waals surface area contributed by atoms with E-state index < -0.39 is 12.5 Å². The molecule has 0 bridgehead atoms. The molecule has 4 aliphatic carbocycles. The maximum absolute atomic E-state index is 12.8. The highest BCUT2D eigenvalue weighted by Gasteiger charge is 2.64. The highest BCUT2D eigenvalue weighted by molar-refractivity contribution is 5.83. The van der Waals surface area contributed by atoms with Crippen LogP contribution >= 0.6 is 0 Å². The van der Waals surface area contributed by atoms with Gasteiger partial charge in [0.05, 0.1) is 25.3 Å². The monoisotopic (exact) mass is 548 g/mol. The number of hydrogen-bond donors (Lipinski definition) is 2. The molecule has 3 aliphatic heterocycles. The van der Waals surface area contributed by atoms with E-state index in [2.05, 4.69) is 22.3 Å². The molecule has 212 valence electrons. The first-order valence-corrected chi connectivity index (χ1v) is 14.0. The average Bonchev–Trinajstić information content (AvgIpc) is 3.57. The minimum atomic E-state index is -4.64. The first-order valence-electron chi connectivity index (χ1n) is 14.0. The normalized spacial score (nSPS) is 37.3. The van der Waals surface area contributed by atoms with Gasteiger partial charge in [0, 0.05) is 17.4 Å². The van der Waals surface area contributed by atoms with Crippen molar-refractivity contribution in [1.82, 2.24) is 10.2 Å². The summed E-state index contributed by atoms with van der Waals surface area (Å²) in [5.74, 6) is 2.04. The number of hydrogen-bond acceptors (Lipinski definition) is 5. The molecule has 1 aromatic rings. The molecule has 4 unspecified atom stereocenters. The zero-order chi connectivity index (χ0) is 27.6. The standard InChI is InChI=1S/C17H19NO2.C10H15NO2.C2HF3O/c19-15-13-9-17(6-7-17)8-12(13)14-10-20-16(18(14)15)11-4-2-1-3-5-11;12-5-8-6-3-10(1-2-10)4-7(6)9(13)11-8;3-2(4,5)1-6/h1-5,12-14,16H,6-10H2;6-8,12H,1-5H2,(H,11,13);1H/t12-,13?,14?,16-;6-,7?,8?;/m00./s1. The topological polar surface area (TPSA) is 95.9 Å². The van der Waals surface area contributed by atoms with E-state index in [1.165, 1.54) is 38.5 Å². The zero-order valence-corrected chi connectivity index (χ0v) is 21.7. The number of carbonyl (C=O) groups excluding carboxylic acids is 3. The second-order valence-corrected chi connectivity index (χ2v) is 12.7. The summed E-state index contributed by atoms with van der Waals surface area (Å²) in [5.41, 5.74) is 2.20. The SMILES string of the molecule is O=C1C2CC3(CC3)C[C@@H]2C2CO[C@@H](c3ccccc3)N12.O=C1NC(CO)[C@H]2CC3(CC3)CC12.O=CC(F)(F)F. The van der Waals surface area contributed by atoms with Gasteiger partial charge in [0.15, 0.2) is 6.23 Å². The van der Waals surface area contributed by atoms with Crippen LogP contribution in [0, 0.1) is 34.5 Å². The van der Waals surface area contributed by atoms with Crippen LogP contribution in [0.25, 0.3) is 0 Å². The van der Waals surface area contributed by atoms with E-state index in [-0.39, 0.29) is 36.6 Å². The van der Waals surface area contributed by atoms with Crippen molar-refractivity contribution in [2.45, 2.75) is 75.9 Å². The highest BCUT2D eigenvalue weighted by atomic mass is 19.4. The predicted molar refractivity (Wildman–Crippen MR) is 133 cm³/mol. The molecule has 0 aromatic heterocycles. The number of aldehydes is 1. The Morgan fingerprint density at radius 1 is 0.974 bits per heavy atom. The van der Waals surface area contributed by atoms with E-state index in [1.807, 2.05) is 18.2 Å². The van der Waals surface area contributed by atoms with Gasteiger partial charge in [-0.2, -0.15) is 13.2 Å². The van der Waals surface area contributed by atoms with E-state index >= 15 is 0 Å². The van der Waals surface area contributed by atoms with Gasteiger partial charge in [0.1, 0.15) is 0 Å². The minimum Gasteiger partial charge on any atom is -0.394 e. The van der Waals surface area contributed by atoms with E-state index in [0.717, 1.165) is 25.0 Å². The molecule has 0 radical (unpaired) electrons. The summed E-state index contributed by atoms with van der Waals surface area (Å²) in [7, 11) is 0. The van der Waals surface area contributed by atoms with Crippen LogP contribution in [0.1, 0.15) is 63.2 Å². The molecule has 39 heavy (non-hydrogen) atoms. The number of aliphatic hydroxyl groups excluding tert-OH is 1. The van der Waals surface area contributed by atoms with Gasteiger partial charge in [-0.05, 0) is 74.0 Å². The van der Waals surface area contributed by atoms with Crippen LogP contribution in [0.5, 0.6) is 0 Å². The van der Waals surface area contributed by atoms with Crippen molar-refractivity contribution in [1.29, 1.82) is 0 Å².